The van der Waals surface area contributed by atoms with Crippen LogP contribution in [0.25, 0.3) is 0 Å². The van der Waals surface area contributed by atoms with Crippen molar-refractivity contribution in [1.82, 2.24) is 5.43 Å². The highest BCUT2D eigenvalue weighted by Gasteiger charge is 2.18. The Hall–Kier alpha value is -0.0800. The summed E-state index contributed by atoms with van der Waals surface area (Å²) >= 11 is 0. The van der Waals surface area contributed by atoms with Crippen molar-refractivity contribution in [2.24, 2.45) is 11.8 Å². The van der Waals surface area contributed by atoms with Gasteiger partial charge in [-0.15, -0.1) is 0 Å². The van der Waals surface area contributed by atoms with Crippen LogP contribution in [-0.4, -0.2) is 6.04 Å². The molecule has 1 saturated carbocycles. The second-order valence-electron chi connectivity index (χ2n) is 4.04. The first-order valence-electron chi connectivity index (χ1n) is 5.33. The fourth-order valence-corrected chi connectivity index (χ4v) is 2.27. The Balaban J connectivity index is 2.16. The van der Waals surface area contributed by atoms with E-state index in [2.05, 4.69) is 12.3 Å². The van der Waals surface area contributed by atoms with Gasteiger partial charge in [-0.05, 0) is 18.8 Å². The number of nitrogens with two attached hydrogens (primary N) is 1. The van der Waals surface area contributed by atoms with Crippen LogP contribution >= 0.6 is 0 Å². The lowest BCUT2D eigenvalue weighted by Gasteiger charge is -2.18. The summed E-state index contributed by atoms with van der Waals surface area (Å²) in [5.74, 6) is 6.44. The Labute approximate surface area is 75.9 Å². The summed E-state index contributed by atoms with van der Waals surface area (Å²) in [6, 6.07) is 0.568. The quantitative estimate of drug-likeness (QED) is 0.490. The van der Waals surface area contributed by atoms with Crippen LogP contribution in [0, 0.1) is 5.92 Å². The Morgan fingerprint density at radius 3 is 2.58 bits per heavy atom. The van der Waals surface area contributed by atoms with Crippen molar-refractivity contribution >= 4 is 0 Å². The van der Waals surface area contributed by atoms with Gasteiger partial charge in [0.1, 0.15) is 0 Å². The molecule has 2 nitrogen and oxygen atoms in total. The van der Waals surface area contributed by atoms with Crippen molar-refractivity contribution < 1.29 is 0 Å². The molecule has 1 unspecified atom stereocenters. The first-order valence-corrected chi connectivity index (χ1v) is 5.33. The summed E-state index contributed by atoms with van der Waals surface area (Å²) < 4.78 is 0. The third-order valence-electron chi connectivity index (χ3n) is 2.97. The molecule has 0 bridgehead atoms. The largest absolute Gasteiger partial charge is 0.271 e. The maximum atomic E-state index is 5.49. The van der Waals surface area contributed by atoms with E-state index in [9.17, 15) is 0 Å². The third-order valence-corrected chi connectivity index (χ3v) is 2.97. The molecule has 12 heavy (non-hydrogen) atoms. The highest BCUT2D eigenvalue weighted by atomic mass is 15.2. The van der Waals surface area contributed by atoms with E-state index < -0.39 is 0 Å². The highest BCUT2D eigenvalue weighted by molar-refractivity contribution is 4.73. The molecule has 0 aromatic carbocycles. The zero-order chi connectivity index (χ0) is 8.81. The summed E-state index contributed by atoms with van der Waals surface area (Å²) in [4.78, 5) is 0. The predicted molar refractivity (Wildman–Crippen MR) is 52.6 cm³/mol. The first-order chi connectivity index (χ1) is 5.86. The van der Waals surface area contributed by atoms with E-state index in [-0.39, 0.29) is 0 Å². The molecule has 1 fully saturated rings. The average molecular weight is 170 g/mol. The van der Waals surface area contributed by atoms with Crippen LogP contribution in [0.5, 0.6) is 0 Å². The molecule has 0 aromatic rings. The number of hydrogen-bond donors (Lipinski definition) is 2. The molecule has 0 heterocycles. The standard InChI is InChI=1S/C10H22N2/c1-2-5-10(12-11)8-9-6-3-4-7-9/h9-10,12H,2-8,11H2,1H3. The van der Waals surface area contributed by atoms with Gasteiger partial charge in [-0.1, -0.05) is 39.0 Å². The summed E-state index contributed by atoms with van der Waals surface area (Å²) in [5.41, 5.74) is 2.93. The number of nitrogens with one attached hydrogen (secondary N) is 1. The van der Waals surface area contributed by atoms with E-state index in [1.165, 1.54) is 44.9 Å². The smallest absolute Gasteiger partial charge is 0.0213 e. The molecule has 1 atom stereocenters. The van der Waals surface area contributed by atoms with Gasteiger partial charge in [0.25, 0.3) is 0 Å². The Morgan fingerprint density at radius 2 is 2.08 bits per heavy atom. The number of hydrazine groups is 1. The highest BCUT2D eigenvalue weighted by Crippen LogP contribution is 2.29. The predicted octanol–water partition coefficient (Wildman–Crippen LogP) is 2.20. The Kier molecular flexibility index (Phi) is 4.62. The Morgan fingerprint density at radius 1 is 1.42 bits per heavy atom. The first kappa shape index (κ1) is 10.0. The molecule has 0 aliphatic heterocycles. The fourth-order valence-electron chi connectivity index (χ4n) is 2.27. The molecular weight excluding hydrogens is 148 g/mol. The second kappa shape index (κ2) is 5.55. The second-order valence-corrected chi connectivity index (χ2v) is 4.04. The van der Waals surface area contributed by atoms with E-state index in [1.807, 2.05) is 0 Å². The van der Waals surface area contributed by atoms with Crippen molar-refractivity contribution in [3.63, 3.8) is 0 Å². The van der Waals surface area contributed by atoms with Gasteiger partial charge in [0, 0.05) is 6.04 Å². The van der Waals surface area contributed by atoms with Crippen LogP contribution in [0.2, 0.25) is 0 Å². The van der Waals surface area contributed by atoms with Crippen molar-refractivity contribution in [3.8, 4) is 0 Å². The molecule has 1 aliphatic carbocycles. The molecule has 0 radical (unpaired) electrons. The molecular formula is C10H22N2. The zero-order valence-corrected chi connectivity index (χ0v) is 8.18. The van der Waals surface area contributed by atoms with E-state index in [0.29, 0.717) is 6.04 Å². The van der Waals surface area contributed by atoms with Gasteiger partial charge in [-0.2, -0.15) is 0 Å². The van der Waals surface area contributed by atoms with Gasteiger partial charge in [0.15, 0.2) is 0 Å². The van der Waals surface area contributed by atoms with Gasteiger partial charge < -0.3 is 0 Å². The van der Waals surface area contributed by atoms with E-state index in [0.717, 1.165) is 5.92 Å². The van der Waals surface area contributed by atoms with E-state index >= 15 is 0 Å². The van der Waals surface area contributed by atoms with Crippen LogP contribution in [0.15, 0.2) is 0 Å². The molecule has 1 rings (SSSR count). The van der Waals surface area contributed by atoms with Crippen molar-refractivity contribution in [2.75, 3.05) is 0 Å². The zero-order valence-electron chi connectivity index (χ0n) is 8.18. The van der Waals surface area contributed by atoms with Gasteiger partial charge in [0.2, 0.25) is 0 Å². The lowest BCUT2D eigenvalue weighted by Crippen LogP contribution is -2.36. The maximum Gasteiger partial charge on any atom is 0.0213 e. The topological polar surface area (TPSA) is 38.0 Å². The SMILES string of the molecule is CCCC(CC1CCCC1)NN. The van der Waals surface area contributed by atoms with Gasteiger partial charge >= 0.3 is 0 Å². The molecule has 1 aliphatic rings. The minimum absolute atomic E-state index is 0.568. The van der Waals surface area contributed by atoms with Crippen LogP contribution < -0.4 is 11.3 Å². The van der Waals surface area contributed by atoms with Crippen LogP contribution in [0.3, 0.4) is 0 Å². The monoisotopic (exact) mass is 170 g/mol. The van der Waals surface area contributed by atoms with Crippen LogP contribution in [0.1, 0.15) is 51.9 Å². The fraction of sp³-hybridized carbons (Fsp3) is 1.00. The lowest BCUT2D eigenvalue weighted by atomic mass is 9.96. The molecule has 0 saturated heterocycles. The average Bonchev–Trinajstić information content (AvgIpc) is 2.56. The summed E-state index contributed by atoms with van der Waals surface area (Å²) in [5, 5.41) is 0. The van der Waals surface area contributed by atoms with Crippen molar-refractivity contribution in [2.45, 2.75) is 57.9 Å². The molecule has 0 amide bonds. The molecule has 0 spiro atoms. The summed E-state index contributed by atoms with van der Waals surface area (Å²) in [6.45, 7) is 2.22. The molecule has 72 valence electrons. The van der Waals surface area contributed by atoms with Gasteiger partial charge in [0.05, 0.1) is 0 Å². The van der Waals surface area contributed by atoms with Crippen molar-refractivity contribution in [1.29, 1.82) is 0 Å². The molecule has 3 N–H and O–H groups in total. The summed E-state index contributed by atoms with van der Waals surface area (Å²) in [7, 11) is 0. The maximum absolute atomic E-state index is 5.49. The lowest BCUT2D eigenvalue weighted by molar-refractivity contribution is 0.373. The minimum Gasteiger partial charge on any atom is -0.271 e. The minimum atomic E-state index is 0.568. The number of rotatable bonds is 5. The van der Waals surface area contributed by atoms with Crippen molar-refractivity contribution in [3.05, 3.63) is 0 Å². The third kappa shape index (κ3) is 3.11. The van der Waals surface area contributed by atoms with Gasteiger partial charge in [-0.3, -0.25) is 11.3 Å². The van der Waals surface area contributed by atoms with E-state index in [1.54, 1.807) is 0 Å². The molecule has 0 aromatic heterocycles. The van der Waals surface area contributed by atoms with Gasteiger partial charge in [-0.25, -0.2) is 0 Å². The number of hydrogen-bond acceptors (Lipinski definition) is 2. The summed E-state index contributed by atoms with van der Waals surface area (Å²) in [6.07, 6.45) is 9.50. The molecule has 2 heteroatoms. The van der Waals surface area contributed by atoms with Crippen LogP contribution in [0.4, 0.5) is 0 Å². The normalized spacial score (nSPS) is 21.5. The van der Waals surface area contributed by atoms with Crippen LogP contribution in [-0.2, 0) is 0 Å². The Bertz CT molecular complexity index is 108. The van der Waals surface area contributed by atoms with E-state index in [4.69, 9.17) is 5.84 Å².